The monoisotopic (exact) mass is 280 g/mol. The Hall–Kier alpha value is -1.82. The number of piperidine rings is 1. The normalized spacial score (nSPS) is 43.1. The van der Waals surface area contributed by atoms with Gasteiger partial charge in [-0.15, -0.1) is 0 Å². The number of carbonyl (C=O) groups excluding carboxylic acids is 1. The van der Waals surface area contributed by atoms with Crippen molar-refractivity contribution in [2.45, 2.75) is 38.6 Å². The summed E-state index contributed by atoms with van der Waals surface area (Å²) in [6, 6.07) is 12.0. The van der Waals surface area contributed by atoms with Gasteiger partial charge in [-0.3, -0.25) is 4.79 Å². The van der Waals surface area contributed by atoms with Crippen LogP contribution in [-0.2, 0) is 0 Å². The molecular formula is C18H20N2O. The Morgan fingerprint density at radius 2 is 2.05 bits per heavy atom. The van der Waals surface area contributed by atoms with E-state index in [0.29, 0.717) is 11.5 Å². The summed E-state index contributed by atoms with van der Waals surface area (Å²) in [5.41, 5.74) is 0.150. The van der Waals surface area contributed by atoms with Crippen LogP contribution in [0.2, 0.25) is 0 Å². The molecule has 4 rings (SSSR count). The first kappa shape index (κ1) is 12.9. The van der Waals surface area contributed by atoms with E-state index in [1.807, 2.05) is 35.2 Å². The van der Waals surface area contributed by atoms with E-state index in [4.69, 9.17) is 0 Å². The van der Waals surface area contributed by atoms with Crippen LogP contribution in [0.1, 0.15) is 43.5 Å². The molecule has 2 saturated carbocycles. The van der Waals surface area contributed by atoms with Crippen LogP contribution >= 0.6 is 0 Å². The molecular weight excluding hydrogens is 260 g/mol. The SMILES string of the molecule is C[C@@]12CC[C@H]3C[C@]1(C#N)N(C(=O)c1ccccc1)C[C@]32C. The number of rotatable bonds is 1. The number of likely N-dealkylation sites (tertiary alicyclic amines) is 1. The fourth-order valence-corrected chi connectivity index (χ4v) is 5.49. The van der Waals surface area contributed by atoms with Gasteiger partial charge in [0, 0.05) is 17.5 Å². The molecule has 1 aromatic carbocycles. The van der Waals surface area contributed by atoms with Gasteiger partial charge in [0.25, 0.3) is 5.91 Å². The van der Waals surface area contributed by atoms with Gasteiger partial charge in [0.2, 0.25) is 0 Å². The molecule has 0 spiro atoms. The molecule has 2 aliphatic carbocycles. The Balaban J connectivity index is 1.80. The minimum absolute atomic E-state index is 0.0208. The van der Waals surface area contributed by atoms with Gasteiger partial charge in [0.15, 0.2) is 0 Å². The van der Waals surface area contributed by atoms with Gasteiger partial charge in [0.05, 0.1) is 6.07 Å². The highest BCUT2D eigenvalue weighted by Gasteiger charge is 2.78. The lowest BCUT2D eigenvalue weighted by atomic mass is 9.66. The minimum atomic E-state index is -0.600. The van der Waals surface area contributed by atoms with E-state index in [0.717, 1.165) is 19.4 Å². The number of nitrogens with zero attached hydrogens (tertiary/aromatic N) is 2. The van der Waals surface area contributed by atoms with Gasteiger partial charge in [-0.2, -0.15) is 5.26 Å². The number of carbonyl (C=O) groups is 1. The number of hydrogen-bond acceptors (Lipinski definition) is 2. The van der Waals surface area contributed by atoms with Crippen LogP contribution in [-0.4, -0.2) is 22.9 Å². The zero-order valence-corrected chi connectivity index (χ0v) is 12.6. The fraction of sp³-hybridized carbons (Fsp3) is 0.556. The van der Waals surface area contributed by atoms with E-state index in [9.17, 15) is 10.1 Å². The quantitative estimate of drug-likeness (QED) is 0.792. The average Bonchev–Trinajstić information content (AvgIpc) is 2.96. The highest BCUT2D eigenvalue weighted by molar-refractivity contribution is 5.95. The average molecular weight is 280 g/mol. The highest BCUT2D eigenvalue weighted by atomic mass is 16.2. The van der Waals surface area contributed by atoms with Gasteiger partial charge in [0.1, 0.15) is 5.54 Å². The van der Waals surface area contributed by atoms with Gasteiger partial charge < -0.3 is 4.90 Å². The predicted octanol–water partition coefficient (Wildman–Crippen LogP) is 3.23. The summed E-state index contributed by atoms with van der Waals surface area (Å²) >= 11 is 0. The Morgan fingerprint density at radius 3 is 2.67 bits per heavy atom. The third kappa shape index (κ3) is 1.19. The zero-order valence-electron chi connectivity index (χ0n) is 12.6. The minimum Gasteiger partial charge on any atom is -0.319 e. The second kappa shape index (κ2) is 3.68. The van der Waals surface area contributed by atoms with Crippen molar-refractivity contribution >= 4 is 5.91 Å². The van der Waals surface area contributed by atoms with Crippen LogP contribution in [0, 0.1) is 28.1 Å². The molecule has 3 fully saturated rings. The van der Waals surface area contributed by atoms with Gasteiger partial charge in [-0.1, -0.05) is 32.0 Å². The van der Waals surface area contributed by atoms with Crippen molar-refractivity contribution in [3.8, 4) is 6.07 Å². The molecule has 21 heavy (non-hydrogen) atoms. The molecule has 3 heteroatoms. The zero-order chi connectivity index (χ0) is 14.9. The van der Waals surface area contributed by atoms with Crippen molar-refractivity contribution < 1.29 is 4.79 Å². The van der Waals surface area contributed by atoms with Crippen LogP contribution in [0.5, 0.6) is 0 Å². The Labute approximate surface area is 125 Å². The van der Waals surface area contributed by atoms with Crippen molar-refractivity contribution in [2.24, 2.45) is 16.7 Å². The van der Waals surface area contributed by atoms with Gasteiger partial charge in [-0.25, -0.2) is 0 Å². The highest BCUT2D eigenvalue weighted by Crippen LogP contribution is 2.75. The summed E-state index contributed by atoms with van der Waals surface area (Å²) in [5, 5.41) is 9.97. The summed E-state index contributed by atoms with van der Waals surface area (Å²) in [5.74, 6) is 0.620. The number of hydrogen-bond donors (Lipinski definition) is 0. The molecule has 1 aliphatic heterocycles. The molecule has 0 N–H and O–H groups in total. The number of benzene rings is 1. The molecule has 1 aromatic rings. The van der Waals surface area contributed by atoms with E-state index in [-0.39, 0.29) is 16.7 Å². The molecule has 1 heterocycles. The molecule has 4 atom stereocenters. The molecule has 1 amide bonds. The molecule has 1 saturated heterocycles. The van der Waals surface area contributed by atoms with Crippen molar-refractivity contribution in [1.29, 1.82) is 5.26 Å². The Morgan fingerprint density at radius 1 is 1.33 bits per heavy atom. The molecule has 3 nitrogen and oxygen atoms in total. The van der Waals surface area contributed by atoms with Gasteiger partial charge in [-0.05, 0) is 42.7 Å². The third-order valence-electron chi connectivity index (χ3n) is 7.01. The summed E-state index contributed by atoms with van der Waals surface area (Å²) in [7, 11) is 0. The van der Waals surface area contributed by atoms with E-state index in [2.05, 4.69) is 19.9 Å². The summed E-state index contributed by atoms with van der Waals surface area (Å²) in [6.07, 6.45) is 3.14. The molecule has 108 valence electrons. The van der Waals surface area contributed by atoms with Crippen LogP contribution < -0.4 is 0 Å². The first-order chi connectivity index (χ1) is 9.98. The second-order valence-electron chi connectivity index (χ2n) is 7.42. The van der Waals surface area contributed by atoms with E-state index < -0.39 is 5.54 Å². The third-order valence-corrected chi connectivity index (χ3v) is 7.01. The maximum Gasteiger partial charge on any atom is 0.255 e. The van der Waals surface area contributed by atoms with Crippen molar-refractivity contribution in [3.05, 3.63) is 35.9 Å². The van der Waals surface area contributed by atoms with Gasteiger partial charge >= 0.3 is 0 Å². The van der Waals surface area contributed by atoms with Crippen LogP contribution in [0.25, 0.3) is 0 Å². The first-order valence-electron chi connectivity index (χ1n) is 7.77. The summed E-state index contributed by atoms with van der Waals surface area (Å²) in [6.45, 7) is 5.26. The topological polar surface area (TPSA) is 44.1 Å². The molecule has 3 aliphatic rings. The van der Waals surface area contributed by atoms with Crippen molar-refractivity contribution in [2.75, 3.05) is 6.54 Å². The Kier molecular flexibility index (Phi) is 2.26. The molecule has 0 radical (unpaired) electrons. The lowest BCUT2D eigenvalue weighted by Gasteiger charge is -2.43. The van der Waals surface area contributed by atoms with Crippen molar-refractivity contribution in [3.63, 3.8) is 0 Å². The molecule has 0 unspecified atom stereocenters. The number of nitriles is 1. The Bertz CT molecular complexity index is 664. The van der Waals surface area contributed by atoms with E-state index in [1.54, 1.807) is 0 Å². The van der Waals surface area contributed by atoms with E-state index in [1.165, 1.54) is 6.42 Å². The fourth-order valence-electron chi connectivity index (χ4n) is 5.49. The largest absolute Gasteiger partial charge is 0.319 e. The van der Waals surface area contributed by atoms with Crippen molar-refractivity contribution in [1.82, 2.24) is 4.90 Å². The number of amides is 1. The maximum atomic E-state index is 12.9. The van der Waals surface area contributed by atoms with Crippen LogP contribution in [0.3, 0.4) is 0 Å². The van der Waals surface area contributed by atoms with Crippen LogP contribution in [0.15, 0.2) is 30.3 Å². The maximum absolute atomic E-state index is 12.9. The smallest absolute Gasteiger partial charge is 0.255 e. The summed E-state index contributed by atoms with van der Waals surface area (Å²) in [4.78, 5) is 14.8. The second-order valence-corrected chi connectivity index (χ2v) is 7.42. The lowest BCUT2D eigenvalue weighted by molar-refractivity contribution is 0.0430. The molecule has 4 bridgehead atoms. The predicted molar refractivity (Wildman–Crippen MR) is 79.4 cm³/mol. The van der Waals surface area contributed by atoms with Crippen LogP contribution in [0.4, 0.5) is 0 Å². The lowest BCUT2D eigenvalue weighted by Crippen LogP contribution is -2.54. The summed E-state index contributed by atoms with van der Waals surface area (Å²) < 4.78 is 0. The first-order valence-corrected chi connectivity index (χ1v) is 7.77. The molecule has 0 aromatic heterocycles. The van der Waals surface area contributed by atoms with E-state index >= 15 is 0 Å². The standard InChI is InChI=1S/C18H20N2O/c1-16-12-20(15(21)13-6-4-3-5-7-13)18(11-19)10-14(16)8-9-17(16,18)2/h3-7,14H,8-10,12H2,1-2H3/t14-,16+,17-,18+/m0/s1.